The molecule has 0 aliphatic carbocycles. The van der Waals surface area contributed by atoms with Crippen molar-refractivity contribution >= 4 is 23.2 Å². The third kappa shape index (κ3) is 2.34. The standard InChI is InChI=1S/C12H15NO3S/c1-8-4-6-17-10(8)11(14)13-5-3-9(7-13)12(15)16-2/h4,6,9H,3,5,7H2,1-2H3. The Morgan fingerprint density at radius 3 is 2.88 bits per heavy atom. The highest BCUT2D eigenvalue weighted by Crippen LogP contribution is 2.23. The molecule has 1 saturated heterocycles. The lowest BCUT2D eigenvalue weighted by atomic mass is 10.1. The van der Waals surface area contributed by atoms with Gasteiger partial charge >= 0.3 is 5.97 Å². The van der Waals surface area contributed by atoms with E-state index in [2.05, 4.69) is 0 Å². The lowest BCUT2D eigenvalue weighted by Crippen LogP contribution is -2.30. The average Bonchev–Trinajstić information content (AvgIpc) is 2.95. The van der Waals surface area contributed by atoms with Gasteiger partial charge in [-0.3, -0.25) is 9.59 Å². The van der Waals surface area contributed by atoms with Crippen molar-refractivity contribution in [2.75, 3.05) is 20.2 Å². The van der Waals surface area contributed by atoms with Crippen LogP contribution in [0, 0.1) is 12.8 Å². The van der Waals surface area contributed by atoms with Gasteiger partial charge in [0.1, 0.15) is 0 Å². The van der Waals surface area contributed by atoms with Gasteiger partial charge in [-0.05, 0) is 30.4 Å². The molecular formula is C12H15NO3S. The van der Waals surface area contributed by atoms with Crippen LogP contribution in [-0.4, -0.2) is 37.0 Å². The molecule has 1 unspecified atom stereocenters. The molecule has 2 heterocycles. The number of carbonyl (C=O) groups is 2. The first-order chi connectivity index (χ1) is 8.13. The van der Waals surface area contributed by atoms with Gasteiger partial charge in [0.2, 0.25) is 0 Å². The third-order valence-corrected chi connectivity index (χ3v) is 4.07. The molecule has 0 spiro atoms. The average molecular weight is 253 g/mol. The Morgan fingerprint density at radius 1 is 1.53 bits per heavy atom. The molecule has 0 aromatic carbocycles. The number of thiophene rings is 1. The first-order valence-electron chi connectivity index (χ1n) is 5.54. The van der Waals surface area contributed by atoms with Crippen LogP contribution >= 0.6 is 11.3 Å². The molecular weight excluding hydrogens is 238 g/mol. The number of hydrogen-bond acceptors (Lipinski definition) is 4. The predicted octanol–water partition coefficient (Wildman–Crippen LogP) is 1.69. The normalized spacial score (nSPS) is 19.4. The monoisotopic (exact) mass is 253 g/mol. The molecule has 0 radical (unpaired) electrons. The molecule has 17 heavy (non-hydrogen) atoms. The fourth-order valence-corrected chi connectivity index (χ4v) is 2.93. The molecule has 0 bridgehead atoms. The van der Waals surface area contributed by atoms with Crippen molar-refractivity contribution in [2.24, 2.45) is 5.92 Å². The fraction of sp³-hybridized carbons (Fsp3) is 0.500. The van der Waals surface area contributed by atoms with E-state index in [0.29, 0.717) is 19.5 Å². The third-order valence-electron chi connectivity index (χ3n) is 3.07. The molecule has 1 fully saturated rings. The van der Waals surface area contributed by atoms with E-state index in [1.54, 1.807) is 4.90 Å². The number of methoxy groups -OCH3 is 1. The van der Waals surface area contributed by atoms with Crippen molar-refractivity contribution in [3.8, 4) is 0 Å². The maximum Gasteiger partial charge on any atom is 0.310 e. The summed E-state index contributed by atoms with van der Waals surface area (Å²) in [6.07, 6.45) is 0.697. The number of hydrogen-bond donors (Lipinski definition) is 0. The molecule has 1 atom stereocenters. The zero-order chi connectivity index (χ0) is 12.4. The Hall–Kier alpha value is -1.36. The van der Waals surface area contributed by atoms with Gasteiger partial charge in [-0.15, -0.1) is 11.3 Å². The summed E-state index contributed by atoms with van der Waals surface area (Å²) in [5, 5.41) is 1.91. The maximum absolute atomic E-state index is 12.2. The lowest BCUT2D eigenvalue weighted by molar-refractivity contribution is -0.144. The Morgan fingerprint density at radius 2 is 2.29 bits per heavy atom. The van der Waals surface area contributed by atoms with E-state index in [0.717, 1.165) is 10.4 Å². The van der Waals surface area contributed by atoms with Gasteiger partial charge in [0.05, 0.1) is 17.9 Å². The van der Waals surface area contributed by atoms with E-state index >= 15 is 0 Å². The lowest BCUT2D eigenvalue weighted by Gasteiger charge is -2.15. The van der Waals surface area contributed by atoms with Gasteiger partial charge in [-0.2, -0.15) is 0 Å². The van der Waals surface area contributed by atoms with E-state index < -0.39 is 0 Å². The molecule has 1 aliphatic heterocycles. The summed E-state index contributed by atoms with van der Waals surface area (Å²) in [4.78, 5) is 26.1. The smallest absolute Gasteiger partial charge is 0.310 e. The molecule has 5 heteroatoms. The van der Waals surface area contributed by atoms with Gasteiger partial charge in [-0.1, -0.05) is 0 Å². The van der Waals surface area contributed by atoms with E-state index in [1.165, 1.54) is 18.4 Å². The SMILES string of the molecule is COC(=O)C1CCN(C(=O)c2sccc2C)C1. The van der Waals surface area contributed by atoms with Crippen molar-refractivity contribution in [1.29, 1.82) is 0 Å². The minimum atomic E-state index is -0.219. The molecule has 2 rings (SSSR count). The Labute approximate surface area is 104 Å². The highest BCUT2D eigenvalue weighted by atomic mass is 32.1. The number of ether oxygens (including phenoxy) is 1. The van der Waals surface area contributed by atoms with Crippen molar-refractivity contribution < 1.29 is 14.3 Å². The van der Waals surface area contributed by atoms with Crippen molar-refractivity contribution in [3.63, 3.8) is 0 Å². The molecule has 0 saturated carbocycles. The zero-order valence-corrected chi connectivity index (χ0v) is 10.8. The maximum atomic E-state index is 12.2. The first-order valence-corrected chi connectivity index (χ1v) is 6.42. The van der Waals surface area contributed by atoms with Gasteiger partial charge in [0.25, 0.3) is 5.91 Å². The van der Waals surface area contributed by atoms with Gasteiger partial charge in [0, 0.05) is 13.1 Å². The molecule has 1 aliphatic rings. The second-order valence-corrected chi connectivity index (χ2v) is 5.11. The van der Waals surface area contributed by atoms with Crippen LogP contribution in [-0.2, 0) is 9.53 Å². The van der Waals surface area contributed by atoms with Crippen molar-refractivity contribution in [2.45, 2.75) is 13.3 Å². The summed E-state index contributed by atoms with van der Waals surface area (Å²) in [6, 6.07) is 1.94. The van der Waals surface area contributed by atoms with Crippen LogP contribution in [0.3, 0.4) is 0 Å². The van der Waals surface area contributed by atoms with E-state index in [4.69, 9.17) is 4.74 Å². The highest BCUT2D eigenvalue weighted by Gasteiger charge is 2.32. The Balaban J connectivity index is 2.04. The minimum absolute atomic E-state index is 0.0314. The minimum Gasteiger partial charge on any atom is -0.469 e. The number of amides is 1. The molecule has 1 aromatic rings. The number of aryl methyl sites for hydroxylation is 1. The number of rotatable bonds is 2. The fourth-order valence-electron chi connectivity index (χ4n) is 2.04. The summed E-state index contributed by atoms with van der Waals surface area (Å²) in [7, 11) is 1.39. The molecule has 4 nitrogen and oxygen atoms in total. The second kappa shape index (κ2) is 4.87. The van der Waals surface area contributed by atoms with E-state index in [-0.39, 0.29) is 17.8 Å². The Kier molecular flexibility index (Phi) is 3.47. The Bertz CT molecular complexity index is 441. The topological polar surface area (TPSA) is 46.6 Å². The van der Waals surface area contributed by atoms with Crippen LogP contribution in [0.5, 0.6) is 0 Å². The highest BCUT2D eigenvalue weighted by molar-refractivity contribution is 7.12. The van der Waals surface area contributed by atoms with E-state index in [1.807, 2.05) is 18.4 Å². The van der Waals surface area contributed by atoms with Crippen LogP contribution in [0.1, 0.15) is 21.7 Å². The van der Waals surface area contributed by atoms with Crippen LogP contribution in [0.2, 0.25) is 0 Å². The van der Waals surface area contributed by atoms with Gasteiger partial charge < -0.3 is 9.64 Å². The molecule has 1 aromatic heterocycles. The summed E-state index contributed by atoms with van der Waals surface area (Å²) in [5.74, 6) is -0.351. The molecule has 0 N–H and O–H groups in total. The summed E-state index contributed by atoms with van der Waals surface area (Å²) in [5.41, 5.74) is 1.00. The quantitative estimate of drug-likeness (QED) is 0.754. The molecule has 92 valence electrons. The number of esters is 1. The van der Waals surface area contributed by atoms with E-state index in [9.17, 15) is 9.59 Å². The number of carbonyl (C=O) groups excluding carboxylic acids is 2. The largest absolute Gasteiger partial charge is 0.469 e. The summed E-state index contributed by atoms with van der Waals surface area (Å²) in [6.45, 7) is 3.04. The second-order valence-electron chi connectivity index (χ2n) is 4.19. The van der Waals surface area contributed by atoms with Crippen molar-refractivity contribution in [1.82, 2.24) is 4.90 Å². The number of likely N-dealkylation sites (tertiary alicyclic amines) is 1. The van der Waals surface area contributed by atoms with Gasteiger partial charge in [-0.25, -0.2) is 0 Å². The van der Waals surface area contributed by atoms with Gasteiger partial charge in [0.15, 0.2) is 0 Å². The zero-order valence-electron chi connectivity index (χ0n) is 9.93. The van der Waals surface area contributed by atoms with Crippen LogP contribution < -0.4 is 0 Å². The summed E-state index contributed by atoms with van der Waals surface area (Å²) < 4.78 is 4.70. The van der Waals surface area contributed by atoms with Crippen LogP contribution in [0.25, 0.3) is 0 Å². The van der Waals surface area contributed by atoms with Crippen LogP contribution in [0.15, 0.2) is 11.4 Å². The number of nitrogens with zero attached hydrogens (tertiary/aromatic N) is 1. The predicted molar refractivity (Wildman–Crippen MR) is 65.1 cm³/mol. The molecule has 1 amide bonds. The first kappa shape index (κ1) is 12.1. The van der Waals surface area contributed by atoms with Crippen molar-refractivity contribution in [3.05, 3.63) is 21.9 Å². The van der Waals surface area contributed by atoms with Crippen LogP contribution in [0.4, 0.5) is 0 Å². The summed E-state index contributed by atoms with van der Waals surface area (Å²) >= 11 is 1.45.